The lowest BCUT2D eigenvalue weighted by Gasteiger charge is -2.39. The molecule has 9 rings (SSSR count). The summed E-state index contributed by atoms with van der Waals surface area (Å²) in [5, 5.41) is 5.32. The van der Waals surface area contributed by atoms with E-state index in [9.17, 15) is 0 Å². The van der Waals surface area contributed by atoms with Gasteiger partial charge < -0.3 is 9.64 Å². The first kappa shape index (κ1) is 35.5. The van der Waals surface area contributed by atoms with Crippen molar-refractivity contribution < 1.29 is 13.9 Å². The van der Waals surface area contributed by atoms with E-state index < -0.39 is 5.66 Å². The Morgan fingerprint density at radius 1 is 0.852 bits per heavy atom. The van der Waals surface area contributed by atoms with Gasteiger partial charge >= 0.3 is 0 Å². The van der Waals surface area contributed by atoms with E-state index in [4.69, 9.17) is 9.73 Å². The van der Waals surface area contributed by atoms with Crippen LogP contribution in [0.25, 0.3) is 21.5 Å². The van der Waals surface area contributed by atoms with Crippen molar-refractivity contribution >= 4 is 39.8 Å². The molecule has 0 saturated heterocycles. The predicted molar refractivity (Wildman–Crippen MR) is 225 cm³/mol. The van der Waals surface area contributed by atoms with Gasteiger partial charge in [-0.05, 0) is 116 Å². The van der Waals surface area contributed by atoms with E-state index in [0.717, 1.165) is 12.2 Å². The summed E-state index contributed by atoms with van der Waals surface area (Å²) in [7, 11) is 0. The molecule has 5 nitrogen and oxygen atoms in total. The molecule has 0 bridgehead atoms. The van der Waals surface area contributed by atoms with Crippen LogP contribution in [0.3, 0.4) is 0 Å². The molecule has 0 amide bonds. The maximum Gasteiger partial charge on any atom is 0.297 e. The van der Waals surface area contributed by atoms with Crippen LogP contribution in [-0.2, 0) is 17.3 Å². The first-order chi connectivity index (χ1) is 25.5. The normalized spacial score (nSPS) is 28.1. The second-order valence-corrected chi connectivity index (χ2v) is 19.5. The minimum absolute atomic E-state index is 0.0605. The van der Waals surface area contributed by atoms with Gasteiger partial charge in [0.1, 0.15) is 17.2 Å². The minimum Gasteiger partial charge on any atom is -0.476 e. The molecular formula is C49H60N4O+2. The second-order valence-electron chi connectivity index (χ2n) is 19.5. The average molecular weight is 721 g/mol. The molecule has 5 unspecified atom stereocenters. The Labute approximate surface area is 323 Å². The zero-order valence-electron chi connectivity index (χ0n) is 34.9. The van der Waals surface area contributed by atoms with Crippen LogP contribution in [0.15, 0.2) is 77.4 Å². The molecule has 5 atom stereocenters. The van der Waals surface area contributed by atoms with Gasteiger partial charge in [-0.15, -0.1) is 0 Å². The number of nitrogens with zero attached hydrogens (tertiary/aromatic N) is 4. The van der Waals surface area contributed by atoms with Crippen molar-refractivity contribution in [2.24, 2.45) is 16.8 Å². The molecule has 1 fully saturated rings. The topological polar surface area (TPSA) is 30.9 Å². The fourth-order valence-corrected chi connectivity index (χ4v) is 11.6. The Balaban J connectivity index is 1.37. The number of hydrogen-bond acceptors (Lipinski definition) is 3. The lowest BCUT2D eigenvalue weighted by molar-refractivity contribution is -0.662. The number of fused-ring (bicyclic) bond motifs is 15. The summed E-state index contributed by atoms with van der Waals surface area (Å²) < 4.78 is 12.6. The van der Waals surface area contributed by atoms with Crippen molar-refractivity contribution in [3.05, 3.63) is 100 Å². The SMILES string of the molecule is CC(C)Cc1cccc2c3c(ccc12)OC1C2=[N+](C=NC31)C1(C)C(C)(c3c2cc(C(C)(C)C)c2ccccc32)C12N(C(C)C)C=C(C(C)C)C=[N+]2C(C)C. The minimum atomic E-state index is -0.397. The van der Waals surface area contributed by atoms with E-state index in [1.54, 1.807) is 0 Å². The summed E-state index contributed by atoms with van der Waals surface area (Å²) in [6, 6.07) is 23.6. The summed E-state index contributed by atoms with van der Waals surface area (Å²) in [5.74, 6) is 1.96. The molecule has 1 aliphatic carbocycles. The van der Waals surface area contributed by atoms with Crippen molar-refractivity contribution in [3.8, 4) is 5.75 Å². The van der Waals surface area contributed by atoms with Gasteiger partial charge in [0, 0.05) is 23.4 Å². The molecular weight excluding hydrogens is 661 g/mol. The highest BCUT2D eigenvalue weighted by Gasteiger charge is 3.00. The Morgan fingerprint density at radius 3 is 2.20 bits per heavy atom. The molecule has 1 spiro atoms. The molecule has 5 heteroatoms. The number of aliphatic imine (C=N–C) groups is 1. The highest BCUT2D eigenvalue weighted by Crippen LogP contribution is 2.75. The van der Waals surface area contributed by atoms with Crippen LogP contribution in [0, 0.1) is 11.8 Å². The standard InChI is InChI=1S/C49H60N4O/c1-28(2)23-32-17-16-20-36-34(32)21-22-40-41(36)43-45(54-40)44-38-24-39(46(9,10)11)35-18-14-15-19-37(35)42(38)47(12)48(13,53(44)27-50-43)49(47)51(30(5)6)25-33(29(3)4)26-52(49)31(7)8/h14-22,24-31,43,45H,23H2,1-13H3/q+2. The van der Waals surface area contributed by atoms with Gasteiger partial charge in [-0.3, -0.25) is 0 Å². The van der Waals surface area contributed by atoms with Crippen molar-refractivity contribution in [3.63, 3.8) is 0 Å². The van der Waals surface area contributed by atoms with Crippen molar-refractivity contribution in [2.45, 2.75) is 143 Å². The maximum absolute atomic E-state index is 7.28. The number of allylic oxidation sites excluding steroid dienone is 1. The molecule has 4 heterocycles. The van der Waals surface area contributed by atoms with Crippen LogP contribution in [0.4, 0.5) is 0 Å². The van der Waals surface area contributed by atoms with Gasteiger partial charge in [0.25, 0.3) is 12.0 Å². The third kappa shape index (κ3) is 4.19. The first-order valence-corrected chi connectivity index (χ1v) is 20.6. The van der Waals surface area contributed by atoms with Crippen molar-refractivity contribution in [1.29, 1.82) is 0 Å². The number of benzene rings is 4. The molecule has 4 aliphatic heterocycles. The van der Waals surface area contributed by atoms with Gasteiger partial charge in [0.2, 0.25) is 17.7 Å². The fraction of sp³-hybridized carbons (Fsp3) is 0.490. The van der Waals surface area contributed by atoms with Gasteiger partial charge in [0.15, 0.2) is 11.9 Å². The first-order valence-electron chi connectivity index (χ1n) is 20.6. The maximum atomic E-state index is 7.28. The summed E-state index contributed by atoms with van der Waals surface area (Å²) in [5.41, 5.74) is 8.28. The lowest BCUT2D eigenvalue weighted by atomic mass is 9.73. The van der Waals surface area contributed by atoms with Crippen LogP contribution in [0.5, 0.6) is 5.75 Å². The van der Waals surface area contributed by atoms with Crippen molar-refractivity contribution in [1.82, 2.24) is 4.90 Å². The van der Waals surface area contributed by atoms with Crippen LogP contribution in [-0.4, -0.2) is 61.7 Å². The Hall–Kier alpha value is -4.25. The van der Waals surface area contributed by atoms with Crippen LogP contribution < -0.4 is 4.74 Å². The van der Waals surface area contributed by atoms with Gasteiger partial charge in [-0.25, -0.2) is 9.15 Å². The molecule has 4 aromatic carbocycles. The summed E-state index contributed by atoms with van der Waals surface area (Å²) in [6.45, 7) is 30.9. The molecule has 0 N–H and O–H groups in total. The van der Waals surface area contributed by atoms with Gasteiger partial charge in [-0.2, -0.15) is 0 Å². The van der Waals surface area contributed by atoms with E-state index in [0.29, 0.717) is 11.8 Å². The third-order valence-corrected chi connectivity index (χ3v) is 14.0. The number of hydrogen-bond donors (Lipinski definition) is 0. The Kier molecular flexibility index (Phi) is 7.48. The Morgan fingerprint density at radius 2 is 1.56 bits per heavy atom. The highest BCUT2D eigenvalue weighted by atomic mass is 16.5. The van der Waals surface area contributed by atoms with Crippen LogP contribution in [0.1, 0.15) is 124 Å². The van der Waals surface area contributed by atoms with Crippen LogP contribution >= 0.6 is 0 Å². The number of rotatable bonds is 5. The van der Waals surface area contributed by atoms with E-state index in [-0.39, 0.29) is 40.6 Å². The van der Waals surface area contributed by atoms with E-state index in [2.05, 4.69) is 183 Å². The van der Waals surface area contributed by atoms with E-state index in [1.165, 1.54) is 60.6 Å². The third-order valence-electron chi connectivity index (χ3n) is 14.0. The molecule has 0 radical (unpaired) electrons. The highest BCUT2D eigenvalue weighted by molar-refractivity contribution is 6.12. The molecule has 1 saturated carbocycles. The molecule has 4 aromatic rings. The van der Waals surface area contributed by atoms with Crippen molar-refractivity contribution in [2.75, 3.05) is 0 Å². The Bertz CT molecular complexity index is 2400. The number of ether oxygens (including phenoxy) is 1. The largest absolute Gasteiger partial charge is 0.476 e. The molecule has 280 valence electrons. The predicted octanol–water partition coefficient (Wildman–Crippen LogP) is 10.3. The summed E-state index contributed by atoms with van der Waals surface area (Å²) in [6.07, 6.45) is 8.04. The zero-order valence-corrected chi connectivity index (χ0v) is 34.9. The van der Waals surface area contributed by atoms with Crippen LogP contribution in [0.2, 0.25) is 0 Å². The average Bonchev–Trinajstić information content (AvgIpc) is 3.35. The van der Waals surface area contributed by atoms with E-state index >= 15 is 0 Å². The molecule has 0 aromatic heterocycles. The lowest BCUT2D eigenvalue weighted by Crippen LogP contribution is -2.60. The molecule has 5 aliphatic rings. The fourth-order valence-electron chi connectivity index (χ4n) is 11.6. The summed E-state index contributed by atoms with van der Waals surface area (Å²) in [4.78, 5) is 8.30. The van der Waals surface area contributed by atoms with Gasteiger partial charge in [-0.1, -0.05) is 102 Å². The monoisotopic (exact) mass is 720 g/mol. The quantitative estimate of drug-likeness (QED) is 0.192. The van der Waals surface area contributed by atoms with E-state index in [1.807, 2.05) is 0 Å². The molecule has 54 heavy (non-hydrogen) atoms. The second kappa shape index (κ2) is 11.4. The zero-order chi connectivity index (χ0) is 38.4. The van der Waals surface area contributed by atoms with Gasteiger partial charge in [0.05, 0.1) is 5.56 Å². The summed E-state index contributed by atoms with van der Waals surface area (Å²) >= 11 is 0. The smallest absolute Gasteiger partial charge is 0.297 e.